The predicted octanol–water partition coefficient (Wildman–Crippen LogP) is 1.90. The van der Waals surface area contributed by atoms with Crippen LogP contribution in [0, 0.1) is 0 Å². The number of carbonyl (C=O) groups excluding carboxylic acids is 1. The Morgan fingerprint density at radius 2 is 2.18 bits per heavy atom. The molecule has 0 aliphatic heterocycles. The topological polar surface area (TPSA) is 59.5 Å². The number of nitrogens with zero attached hydrogens (tertiary/aromatic N) is 1. The molecule has 0 unspecified atom stereocenters. The number of hydrogen-bond acceptors (Lipinski definition) is 3. The van der Waals surface area contributed by atoms with Crippen LogP contribution in [0.15, 0.2) is 22.8 Å². The Hall–Kier alpha value is -1.29. The number of rotatable bonds is 4. The Kier molecular flexibility index (Phi) is 4.20. The van der Waals surface area contributed by atoms with Gasteiger partial charge in [0.15, 0.2) is 0 Å². The average Bonchev–Trinajstić information content (AvgIpc) is 2.89. The van der Waals surface area contributed by atoms with E-state index in [4.69, 9.17) is 10.2 Å². The number of amides is 1. The van der Waals surface area contributed by atoms with Gasteiger partial charge in [-0.05, 0) is 25.0 Å². The third-order valence-corrected chi connectivity index (χ3v) is 3.42. The summed E-state index contributed by atoms with van der Waals surface area (Å²) in [6.45, 7) is 0.630. The zero-order valence-corrected chi connectivity index (χ0v) is 10.1. The SMILES string of the molecule is NCC(=O)N(Cc1ccco1)C1CCCCC1. The third-order valence-electron chi connectivity index (χ3n) is 3.42. The van der Waals surface area contributed by atoms with Crippen LogP contribution in [-0.2, 0) is 11.3 Å². The van der Waals surface area contributed by atoms with Crippen molar-refractivity contribution in [2.75, 3.05) is 6.54 Å². The van der Waals surface area contributed by atoms with Crippen molar-refractivity contribution in [1.82, 2.24) is 4.90 Å². The maximum atomic E-state index is 11.9. The van der Waals surface area contributed by atoms with E-state index in [0.29, 0.717) is 12.6 Å². The van der Waals surface area contributed by atoms with Crippen molar-refractivity contribution >= 4 is 5.91 Å². The molecule has 17 heavy (non-hydrogen) atoms. The molecule has 0 bridgehead atoms. The summed E-state index contributed by atoms with van der Waals surface area (Å²) in [6.07, 6.45) is 7.51. The van der Waals surface area contributed by atoms with E-state index in [9.17, 15) is 4.79 Å². The summed E-state index contributed by atoms with van der Waals surface area (Å²) in [5, 5.41) is 0. The van der Waals surface area contributed by atoms with E-state index in [1.54, 1.807) is 6.26 Å². The fourth-order valence-corrected chi connectivity index (χ4v) is 2.50. The number of furan rings is 1. The van der Waals surface area contributed by atoms with Crippen LogP contribution in [0.2, 0.25) is 0 Å². The normalized spacial score (nSPS) is 17.0. The van der Waals surface area contributed by atoms with Gasteiger partial charge in [-0.1, -0.05) is 19.3 Å². The second-order valence-electron chi connectivity index (χ2n) is 4.60. The number of hydrogen-bond donors (Lipinski definition) is 1. The summed E-state index contributed by atoms with van der Waals surface area (Å²) in [5.41, 5.74) is 5.49. The molecule has 1 aromatic heterocycles. The van der Waals surface area contributed by atoms with Gasteiger partial charge >= 0.3 is 0 Å². The molecular weight excluding hydrogens is 216 g/mol. The van der Waals surface area contributed by atoms with Gasteiger partial charge in [-0.3, -0.25) is 4.79 Å². The van der Waals surface area contributed by atoms with E-state index < -0.39 is 0 Å². The summed E-state index contributed by atoms with van der Waals surface area (Å²) < 4.78 is 5.31. The van der Waals surface area contributed by atoms with E-state index in [0.717, 1.165) is 18.6 Å². The van der Waals surface area contributed by atoms with Crippen LogP contribution in [-0.4, -0.2) is 23.4 Å². The van der Waals surface area contributed by atoms with E-state index >= 15 is 0 Å². The van der Waals surface area contributed by atoms with Gasteiger partial charge in [-0.25, -0.2) is 0 Å². The Balaban J connectivity index is 2.04. The molecule has 1 fully saturated rings. The lowest BCUT2D eigenvalue weighted by Gasteiger charge is -2.33. The lowest BCUT2D eigenvalue weighted by atomic mass is 9.94. The van der Waals surface area contributed by atoms with Crippen LogP contribution in [0.25, 0.3) is 0 Å². The van der Waals surface area contributed by atoms with Crippen LogP contribution in [0.5, 0.6) is 0 Å². The van der Waals surface area contributed by atoms with Gasteiger partial charge in [0.1, 0.15) is 5.76 Å². The molecule has 0 saturated heterocycles. The van der Waals surface area contributed by atoms with E-state index in [1.807, 2.05) is 17.0 Å². The Labute approximate surface area is 102 Å². The highest BCUT2D eigenvalue weighted by molar-refractivity contribution is 5.78. The second kappa shape index (κ2) is 5.87. The fourth-order valence-electron chi connectivity index (χ4n) is 2.50. The number of nitrogens with two attached hydrogens (primary N) is 1. The highest BCUT2D eigenvalue weighted by atomic mass is 16.3. The minimum absolute atomic E-state index is 0.0216. The molecule has 4 nitrogen and oxygen atoms in total. The summed E-state index contributed by atoms with van der Waals surface area (Å²) in [6, 6.07) is 4.09. The van der Waals surface area contributed by atoms with Crippen molar-refractivity contribution in [3.05, 3.63) is 24.2 Å². The zero-order chi connectivity index (χ0) is 12.1. The van der Waals surface area contributed by atoms with Gasteiger partial charge in [0.05, 0.1) is 19.4 Å². The molecule has 1 aliphatic carbocycles. The van der Waals surface area contributed by atoms with Gasteiger partial charge in [0.2, 0.25) is 5.91 Å². The average molecular weight is 236 g/mol. The van der Waals surface area contributed by atoms with Gasteiger partial charge in [0.25, 0.3) is 0 Å². The fraction of sp³-hybridized carbons (Fsp3) is 0.615. The third kappa shape index (κ3) is 3.09. The maximum absolute atomic E-state index is 11.9. The van der Waals surface area contributed by atoms with Crippen LogP contribution in [0.3, 0.4) is 0 Å². The van der Waals surface area contributed by atoms with Crippen molar-refractivity contribution < 1.29 is 9.21 Å². The molecule has 4 heteroatoms. The molecule has 94 valence electrons. The molecule has 1 amide bonds. The summed E-state index contributed by atoms with van der Waals surface area (Å²) >= 11 is 0. The van der Waals surface area contributed by atoms with E-state index in [2.05, 4.69) is 0 Å². The highest BCUT2D eigenvalue weighted by Gasteiger charge is 2.25. The van der Waals surface area contributed by atoms with Crippen LogP contribution < -0.4 is 5.73 Å². The number of carbonyl (C=O) groups is 1. The van der Waals surface area contributed by atoms with Crippen molar-refractivity contribution in [1.29, 1.82) is 0 Å². The van der Waals surface area contributed by atoms with Crippen molar-refractivity contribution in [3.8, 4) is 0 Å². The Morgan fingerprint density at radius 1 is 1.41 bits per heavy atom. The molecule has 2 rings (SSSR count). The minimum Gasteiger partial charge on any atom is -0.467 e. The molecule has 2 N–H and O–H groups in total. The largest absolute Gasteiger partial charge is 0.467 e. The van der Waals surface area contributed by atoms with Crippen LogP contribution in [0.1, 0.15) is 37.9 Å². The smallest absolute Gasteiger partial charge is 0.236 e. The zero-order valence-electron chi connectivity index (χ0n) is 10.1. The van der Waals surface area contributed by atoms with Crippen LogP contribution in [0.4, 0.5) is 0 Å². The molecule has 1 aromatic rings. The van der Waals surface area contributed by atoms with Gasteiger partial charge in [0, 0.05) is 6.04 Å². The molecule has 1 saturated carbocycles. The van der Waals surface area contributed by atoms with Crippen molar-refractivity contribution in [3.63, 3.8) is 0 Å². The van der Waals surface area contributed by atoms with Crippen molar-refractivity contribution in [2.24, 2.45) is 5.73 Å². The first kappa shape index (κ1) is 12.2. The van der Waals surface area contributed by atoms with Gasteiger partial charge in [-0.2, -0.15) is 0 Å². The molecule has 0 aromatic carbocycles. The van der Waals surface area contributed by atoms with Crippen molar-refractivity contribution in [2.45, 2.75) is 44.7 Å². The summed E-state index contributed by atoms with van der Waals surface area (Å²) in [4.78, 5) is 13.8. The molecular formula is C13H20N2O2. The van der Waals surface area contributed by atoms with Gasteiger partial charge < -0.3 is 15.1 Å². The molecule has 0 radical (unpaired) electrons. The van der Waals surface area contributed by atoms with E-state index in [-0.39, 0.29) is 12.5 Å². The predicted molar refractivity (Wildman–Crippen MR) is 65.2 cm³/mol. The summed E-state index contributed by atoms with van der Waals surface area (Å²) in [7, 11) is 0. The Morgan fingerprint density at radius 3 is 2.76 bits per heavy atom. The standard InChI is InChI=1S/C13H20N2O2/c14-9-13(16)15(10-12-7-4-8-17-12)11-5-2-1-3-6-11/h4,7-8,11H,1-3,5-6,9-10,14H2. The minimum atomic E-state index is 0.0216. The molecule has 1 heterocycles. The summed E-state index contributed by atoms with van der Waals surface area (Å²) in [5.74, 6) is 0.852. The highest BCUT2D eigenvalue weighted by Crippen LogP contribution is 2.24. The van der Waals surface area contributed by atoms with Crippen LogP contribution >= 0.6 is 0 Å². The first-order chi connectivity index (χ1) is 8.31. The quantitative estimate of drug-likeness (QED) is 0.868. The maximum Gasteiger partial charge on any atom is 0.236 e. The molecule has 0 spiro atoms. The Bertz CT molecular complexity index is 342. The monoisotopic (exact) mass is 236 g/mol. The first-order valence-corrected chi connectivity index (χ1v) is 6.33. The lowest BCUT2D eigenvalue weighted by Crippen LogP contribution is -2.43. The second-order valence-corrected chi connectivity index (χ2v) is 4.60. The molecule has 0 atom stereocenters. The van der Waals surface area contributed by atoms with E-state index in [1.165, 1.54) is 19.3 Å². The van der Waals surface area contributed by atoms with Gasteiger partial charge in [-0.15, -0.1) is 0 Å². The molecule has 1 aliphatic rings. The first-order valence-electron chi connectivity index (χ1n) is 6.33. The lowest BCUT2D eigenvalue weighted by molar-refractivity contribution is -0.133.